The monoisotopic (exact) mass is 526 g/mol. The van der Waals surface area contributed by atoms with Crippen molar-refractivity contribution in [2.75, 3.05) is 10.6 Å². The Kier molecular flexibility index (Phi) is 5.25. The zero-order chi connectivity index (χ0) is 27.6. The molecule has 7 nitrogen and oxygen atoms in total. The maximum Gasteiger partial charge on any atom is 0.273 e. The molecule has 196 valence electrons. The molecule has 8 rings (SSSR count). The van der Waals surface area contributed by atoms with Crippen LogP contribution in [0.3, 0.4) is 0 Å². The standard InChI is InChI=1S/C33H26N4O3/c1-19-14-16-20(17-15-19)37-31(39)28-27-21-8-2-5-11-24(21)33(29(28)32(37)40,25-12-6-3-9-22(25)27)18-35-36-30(38)23-10-4-7-13-26(23)34/h2-18,27-29H,34H2,1H3,(H,36,38)/b35-18-/t27?,28-,29-,33?/m1/s1. The van der Waals surface area contributed by atoms with Crippen LogP contribution in [-0.4, -0.2) is 23.9 Å². The molecule has 3 aliphatic carbocycles. The van der Waals surface area contributed by atoms with E-state index in [1.807, 2.05) is 79.7 Å². The van der Waals surface area contributed by atoms with E-state index in [0.717, 1.165) is 27.8 Å². The molecule has 7 heteroatoms. The number of para-hydroxylation sites is 1. The summed E-state index contributed by atoms with van der Waals surface area (Å²) in [5, 5.41) is 4.44. The molecule has 1 fully saturated rings. The van der Waals surface area contributed by atoms with Crippen molar-refractivity contribution in [1.29, 1.82) is 0 Å². The normalized spacial score (nSPS) is 24.1. The van der Waals surface area contributed by atoms with Crippen LogP contribution in [0.5, 0.6) is 0 Å². The minimum absolute atomic E-state index is 0.216. The van der Waals surface area contributed by atoms with Crippen LogP contribution >= 0.6 is 0 Å². The topological polar surface area (TPSA) is 105 Å². The van der Waals surface area contributed by atoms with E-state index < -0.39 is 23.2 Å². The van der Waals surface area contributed by atoms with Gasteiger partial charge < -0.3 is 5.73 Å². The minimum Gasteiger partial charge on any atom is -0.398 e. The van der Waals surface area contributed by atoms with Crippen molar-refractivity contribution in [3.63, 3.8) is 0 Å². The quantitative estimate of drug-likeness (QED) is 0.176. The molecule has 0 radical (unpaired) electrons. The third kappa shape index (κ3) is 3.18. The number of nitrogens with zero attached hydrogens (tertiary/aromatic N) is 2. The first kappa shape index (κ1) is 24.0. The van der Waals surface area contributed by atoms with E-state index >= 15 is 0 Å². The van der Waals surface area contributed by atoms with Gasteiger partial charge in [0.25, 0.3) is 5.91 Å². The molecular formula is C33H26N4O3. The molecule has 4 aliphatic rings. The Morgan fingerprint density at radius 1 is 0.850 bits per heavy atom. The van der Waals surface area contributed by atoms with Gasteiger partial charge in [0.1, 0.15) is 0 Å². The maximum atomic E-state index is 14.4. The first-order chi connectivity index (χ1) is 19.4. The van der Waals surface area contributed by atoms with E-state index in [4.69, 9.17) is 5.73 Å². The van der Waals surface area contributed by atoms with Gasteiger partial charge in [0.2, 0.25) is 11.8 Å². The van der Waals surface area contributed by atoms with Crippen LogP contribution < -0.4 is 16.1 Å². The number of nitrogen functional groups attached to an aromatic ring is 1. The summed E-state index contributed by atoms with van der Waals surface area (Å²) in [6, 6.07) is 30.1. The second kappa shape index (κ2) is 8.74. The highest BCUT2D eigenvalue weighted by atomic mass is 16.2. The number of rotatable bonds is 4. The van der Waals surface area contributed by atoms with Crippen LogP contribution in [0.25, 0.3) is 0 Å². The molecule has 40 heavy (non-hydrogen) atoms. The Labute approximate surface area is 231 Å². The number of nitrogens with one attached hydrogen (secondary N) is 1. The highest BCUT2D eigenvalue weighted by molar-refractivity contribution is 6.25. The SMILES string of the molecule is Cc1ccc(N2C(=O)[C@@H]3C4c5ccccc5C(/C=N\NC(=O)c5ccccc5N)(c5ccccc54)[C@H]3C2=O)cc1. The molecule has 0 aromatic heterocycles. The molecule has 0 saturated carbocycles. The number of benzene rings is 4. The summed E-state index contributed by atoms with van der Waals surface area (Å²) >= 11 is 0. The Morgan fingerprint density at radius 2 is 1.45 bits per heavy atom. The Morgan fingerprint density at radius 3 is 2.10 bits per heavy atom. The average molecular weight is 527 g/mol. The summed E-state index contributed by atoms with van der Waals surface area (Å²) in [4.78, 5) is 42.8. The fraction of sp³-hybridized carbons (Fsp3) is 0.152. The first-order valence-electron chi connectivity index (χ1n) is 13.3. The summed E-state index contributed by atoms with van der Waals surface area (Å²) < 4.78 is 0. The highest BCUT2D eigenvalue weighted by Gasteiger charge is 2.68. The van der Waals surface area contributed by atoms with Crippen LogP contribution in [0, 0.1) is 18.8 Å². The summed E-state index contributed by atoms with van der Waals surface area (Å²) in [5.41, 5.74) is 13.6. The van der Waals surface area contributed by atoms with Crippen molar-refractivity contribution < 1.29 is 14.4 Å². The molecule has 3 N–H and O–H groups in total. The third-order valence-corrected chi connectivity index (χ3v) is 8.62. The molecule has 2 bridgehead atoms. The number of carbonyl (C=O) groups is 3. The number of hydrogen-bond donors (Lipinski definition) is 2. The predicted octanol–water partition coefficient (Wildman–Crippen LogP) is 4.54. The van der Waals surface area contributed by atoms with Crippen LogP contribution in [-0.2, 0) is 15.0 Å². The van der Waals surface area contributed by atoms with E-state index in [1.54, 1.807) is 30.5 Å². The number of amides is 3. The van der Waals surface area contributed by atoms with Gasteiger partial charge >= 0.3 is 0 Å². The van der Waals surface area contributed by atoms with Crippen LogP contribution in [0.4, 0.5) is 11.4 Å². The number of hydrazone groups is 1. The molecule has 4 aromatic carbocycles. The van der Waals surface area contributed by atoms with E-state index in [2.05, 4.69) is 10.5 Å². The average Bonchev–Trinajstić information content (AvgIpc) is 3.24. The van der Waals surface area contributed by atoms with Gasteiger partial charge in [-0.2, -0.15) is 5.10 Å². The number of imide groups is 1. The van der Waals surface area contributed by atoms with Gasteiger partial charge in [-0.25, -0.2) is 10.3 Å². The van der Waals surface area contributed by atoms with E-state index in [9.17, 15) is 14.4 Å². The van der Waals surface area contributed by atoms with Crippen molar-refractivity contribution in [1.82, 2.24) is 5.43 Å². The van der Waals surface area contributed by atoms with E-state index in [0.29, 0.717) is 16.9 Å². The smallest absolute Gasteiger partial charge is 0.273 e. The maximum absolute atomic E-state index is 14.4. The van der Waals surface area contributed by atoms with Gasteiger partial charge in [0, 0.05) is 17.8 Å². The van der Waals surface area contributed by atoms with Crippen LogP contribution in [0.1, 0.15) is 44.1 Å². The predicted molar refractivity (Wildman–Crippen MR) is 153 cm³/mol. The molecular weight excluding hydrogens is 500 g/mol. The Balaban J connectivity index is 1.41. The fourth-order valence-corrected chi connectivity index (χ4v) is 6.95. The zero-order valence-corrected chi connectivity index (χ0v) is 21.7. The van der Waals surface area contributed by atoms with Crippen molar-refractivity contribution in [2.24, 2.45) is 16.9 Å². The molecule has 2 atom stereocenters. The zero-order valence-electron chi connectivity index (χ0n) is 21.7. The molecule has 1 aliphatic heterocycles. The Bertz CT molecular complexity index is 1700. The Hall–Kier alpha value is -5.04. The van der Waals surface area contributed by atoms with Gasteiger partial charge in [0.15, 0.2) is 0 Å². The summed E-state index contributed by atoms with van der Waals surface area (Å²) in [6.45, 7) is 1.97. The molecule has 1 heterocycles. The van der Waals surface area contributed by atoms with Gasteiger partial charge in [-0.05, 0) is 53.4 Å². The molecule has 4 aromatic rings. The second-order valence-electron chi connectivity index (χ2n) is 10.7. The summed E-state index contributed by atoms with van der Waals surface area (Å²) in [7, 11) is 0. The molecule has 3 amide bonds. The number of hydrogen-bond acceptors (Lipinski definition) is 5. The van der Waals surface area contributed by atoms with Gasteiger partial charge in [-0.3, -0.25) is 14.4 Å². The van der Waals surface area contributed by atoms with Crippen LogP contribution in [0.15, 0.2) is 102 Å². The summed E-state index contributed by atoms with van der Waals surface area (Å²) in [5.74, 6) is -2.53. The number of anilines is 2. The van der Waals surface area contributed by atoms with Crippen molar-refractivity contribution in [3.8, 4) is 0 Å². The molecule has 1 saturated heterocycles. The van der Waals surface area contributed by atoms with Crippen LogP contribution in [0.2, 0.25) is 0 Å². The lowest BCUT2D eigenvalue weighted by atomic mass is 9.47. The lowest BCUT2D eigenvalue weighted by molar-refractivity contribution is -0.122. The van der Waals surface area contributed by atoms with E-state index in [1.165, 1.54) is 4.90 Å². The van der Waals surface area contributed by atoms with E-state index in [-0.39, 0.29) is 17.7 Å². The van der Waals surface area contributed by atoms with Gasteiger partial charge in [-0.15, -0.1) is 0 Å². The lowest BCUT2D eigenvalue weighted by Gasteiger charge is -2.52. The largest absolute Gasteiger partial charge is 0.398 e. The highest BCUT2D eigenvalue weighted by Crippen LogP contribution is 2.63. The third-order valence-electron chi connectivity index (χ3n) is 8.62. The van der Waals surface area contributed by atoms with Gasteiger partial charge in [0.05, 0.1) is 28.5 Å². The number of aryl methyl sites for hydroxylation is 1. The van der Waals surface area contributed by atoms with Crippen molar-refractivity contribution in [3.05, 3.63) is 130 Å². The summed E-state index contributed by atoms with van der Waals surface area (Å²) in [6.07, 6.45) is 1.65. The second-order valence-corrected chi connectivity index (χ2v) is 10.7. The minimum atomic E-state index is -1.06. The lowest BCUT2D eigenvalue weighted by Crippen LogP contribution is -2.54. The van der Waals surface area contributed by atoms with Crippen molar-refractivity contribution in [2.45, 2.75) is 18.3 Å². The number of carbonyl (C=O) groups excluding carboxylic acids is 3. The van der Waals surface area contributed by atoms with Crippen molar-refractivity contribution >= 4 is 35.3 Å². The molecule has 0 spiro atoms. The fourth-order valence-electron chi connectivity index (χ4n) is 6.95. The molecule has 0 unspecified atom stereocenters. The first-order valence-corrected chi connectivity index (χ1v) is 13.3. The van der Waals surface area contributed by atoms with Gasteiger partial charge in [-0.1, -0.05) is 78.4 Å². The number of nitrogens with two attached hydrogens (primary N) is 1.